The molecule has 1 unspecified atom stereocenters. The van der Waals surface area contributed by atoms with Crippen LogP contribution in [0, 0.1) is 5.41 Å². The Morgan fingerprint density at radius 3 is 2.35 bits per heavy atom. The van der Waals surface area contributed by atoms with E-state index in [1.54, 1.807) is 6.92 Å². The van der Waals surface area contributed by atoms with E-state index in [1.165, 1.54) is 6.92 Å². The van der Waals surface area contributed by atoms with Crippen molar-refractivity contribution in [2.75, 3.05) is 6.61 Å². The highest BCUT2D eigenvalue weighted by molar-refractivity contribution is 5.88. The summed E-state index contributed by atoms with van der Waals surface area (Å²) in [5, 5.41) is 11.9. The molecule has 6 nitrogen and oxygen atoms in total. The normalized spacial score (nSPS) is 18.9. The monoisotopic (exact) mass is 285 g/mol. The molecular formula is C14H23NO5. The molecule has 0 bridgehead atoms. The van der Waals surface area contributed by atoms with Gasteiger partial charge in [0.15, 0.2) is 0 Å². The minimum Gasteiger partial charge on any atom is -0.481 e. The SMILES string of the molecule is CCOC(=O)C(C)NC(=O)CC1(C(=O)O)CCCCC1. The van der Waals surface area contributed by atoms with Crippen LogP contribution in [0.15, 0.2) is 0 Å². The topological polar surface area (TPSA) is 92.7 Å². The second-order valence-electron chi connectivity index (χ2n) is 5.36. The molecule has 1 atom stereocenters. The van der Waals surface area contributed by atoms with E-state index in [1.807, 2.05) is 0 Å². The van der Waals surface area contributed by atoms with E-state index in [-0.39, 0.29) is 13.0 Å². The zero-order chi connectivity index (χ0) is 15.2. The molecule has 0 aromatic rings. The summed E-state index contributed by atoms with van der Waals surface area (Å²) < 4.78 is 4.80. The van der Waals surface area contributed by atoms with Crippen LogP contribution in [0.5, 0.6) is 0 Å². The molecular weight excluding hydrogens is 262 g/mol. The third-order valence-corrected chi connectivity index (χ3v) is 3.78. The fourth-order valence-corrected chi connectivity index (χ4v) is 2.62. The van der Waals surface area contributed by atoms with Crippen LogP contribution in [0.2, 0.25) is 0 Å². The Balaban J connectivity index is 2.59. The Labute approximate surface area is 118 Å². The quantitative estimate of drug-likeness (QED) is 0.721. The van der Waals surface area contributed by atoms with Crippen molar-refractivity contribution in [3.05, 3.63) is 0 Å². The van der Waals surface area contributed by atoms with Crippen molar-refractivity contribution in [1.82, 2.24) is 5.32 Å². The van der Waals surface area contributed by atoms with Gasteiger partial charge in [-0.1, -0.05) is 19.3 Å². The summed E-state index contributed by atoms with van der Waals surface area (Å²) in [6.07, 6.45) is 3.62. The van der Waals surface area contributed by atoms with Crippen molar-refractivity contribution in [1.29, 1.82) is 0 Å². The van der Waals surface area contributed by atoms with Gasteiger partial charge >= 0.3 is 11.9 Å². The summed E-state index contributed by atoms with van der Waals surface area (Å²) in [5.74, 6) is -1.83. The average Bonchev–Trinajstić information content (AvgIpc) is 2.39. The summed E-state index contributed by atoms with van der Waals surface area (Å²) >= 11 is 0. The van der Waals surface area contributed by atoms with Crippen LogP contribution in [0.25, 0.3) is 0 Å². The van der Waals surface area contributed by atoms with E-state index in [2.05, 4.69) is 5.32 Å². The standard InChI is InChI=1S/C14H23NO5/c1-3-20-12(17)10(2)15-11(16)9-14(13(18)19)7-5-4-6-8-14/h10H,3-9H2,1-2H3,(H,15,16)(H,18,19). The molecule has 1 fully saturated rings. The highest BCUT2D eigenvalue weighted by atomic mass is 16.5. The molecule has 1 amide bonds. The van der Waals surface area contributed by atoms with Crippen molar-refractivity contribution < 1.29 is 24.2 Å². The van der Waals surface area contributed by atoms with Crippen LogP contribution < -0.4 is 5.32 Å². The minimum atomic E-state index is -0.975. The van der Waals surface area contributed by atoms with Crippen molar-refractivity contribution >= 4 is 17.8 Å². The predicted molar refractivity (Wildman–Crippen MR) is 72.0 cm³/mol. The summed E-state index contributed by atoms with van der Waals surface area (Å²) in [7, 11) is 0. The number of hydrogen-bond acceptors (Lipinski definition) is 4. The third kappa shape index (κ3) is 4.21. The second-order valence-corrected chi connectivity index (χ2v) is 5.36. The van der Waals surface area contributed by atoms with Gasteiger partial charge < -0.3 is 15.2 Å². The first-order chi connectivity index (χ1) is 9.41. The first-order valence-electron chi connectivity index (χ1n) is 7.10. The maximum Gasteiger partial charge on any atom is 0.328 e. The average molecular weight is 285 g/mol. The van der Waals surface area contributed by atoms with Crippen LogP contribution in [-0.4, -0.2) is 35.6 Å². The molecule has 0 aromatic carbocycles. The number of rotatable bonds is 6. The van der Waals surface area contributed by atoms with Crippen molar-refractivity contribution in [2.45, 2.75) is 58.4 Å². The van der Waals surface area contributed by atoms with E-state index in [4.69, 9.17) is 4.74 Å². The van der Waals surface area contributed by atoms with E-state index < -0.39 is 29.3 Å². The first kappa shape index (κ1) is 16.5. The van der Waals surface area contributed by atoms with E-state index in [0.717, 1.165) is 19.3 Å². The number of aliphatic carboxylic acids is 1. The van der Waals surface area contributed by atoms with Crippen molar-refractivity contribution in [2.24, 2.45) is 5.41 Å². The summed E-state index contributed by atoms with van der Waals surface area (Å²) in [5.41, 5.74) is -0.975. The molecule has 0 spiro atoms. The number of esters is 1. The molecule has 1 aliphatic carbocycles. The minimum absolute atomic E-state index is 0.0773. The third-order valence-electron chi connectivity index (χ3n) is 3.78. The molecule has 1 saturated carbocycles. The lowest BCUT2D eigenvalue weighted by atomic mass is 9.71. The van der Waals surface area contributed by atoms with Crippen LogP contribution >= 0.6 is 0 Å². The zero-order valence-electron chi connectivity index (χ0n) is 12.1. The maximum absolute atomic E-state index is 12.0. The summed E-state index contributed by atoms with van der Waals surface area (Å²) in [6, 6.07) is -0.753. The van der Waals surface area contributed by atoms with Gasteiger partial charge in [0.05, 0.1) is 12.0 Å². The Kier molecular flexibility index (Phi) is 5.98. The molecule has 6 heteroatoms. The van der Waals surface area contributed by atoms with Crippen LogP contribution in [0.3, 0.4) is 0 Å². The van der Waals surface area contributed by atoms with Crippen LogP contribution in [0.1, 0.15) is 52.4 Å². The summed E-state index contributed by atoms with van der Waals surface area (Å²) in [4.78, 5) is 34.9. The van der Waals surface area contributed by atoms with Gasteiger partial charge in [0.25, 0.3) is 0 Å². The van der Waals surface area contributed by atoms with E-state index in [0.29, 0.717) is 12.8 Å². The van der Waals surface area contributed by atoms with Gasteiger partial charge in [-0.3, -0.25) is 9.59 Å². The van der Waals surface area contributed by atoms with Gasteiger partial charge in [-0.2, -0.15) is 0 Å². The van der Waals surface area contributed by atoms with Gasteiger partial charge in [0.2, 0.25) is 5.91 Å². The highest BCUT2D eigenvalue weighted by Gasteiger charge is 2.41. The fraction of sp³-hybridized carbons (Fsp3) is 0.786. The predicted octanol–water partition coefficient (Wildman–Crippen LogP) is 1.48. The van der Waals surface area contributed by atoms with E-state index >= 15 is 0 Å². The fourth-order valence-electron chi connectivity index (χ4n) is 2.62. The lowest BCUT2D eigenvalue weighted by Crippen LogP contribution is -2.44. The van der Waals surface area contributed by atoms with Gasteiger partial charge in [0, 0.05) is 6.42 Å². The van der Waals surface area contributed by atoms with Crippen LogP contribution in [0.4, 0.5) is 0 Å². The van der Waals surface area contributed by atoms with Gasteiger partial charge in [-0.15, -0.1) is 0 Å². The Morgan fingerprint density at radius 1 is 1.25 bits per heavy atom. The van der Waals surface area contributed by atoms with Gasteiger partial charge in [-0.05, 0) is 26.7 Å². The lowest BCUT2D eigenvalue weighted by Gasteiger charge is -2.32. The van der Waals surface area contributed by atoms with Crippen LogP contribution in [-0.2, 0) is 19.1 Å². The molecule has 0 aliphatic heterocycles. The molecule has 20 heavy (non-hydrogen) atoms. The zero-order valence-corrected chi connectivity index (χ0v) is 12.1. The Hall–Kier alpha value is -1.59. The largest absolute Gasteiger partial charge is 0.481 e. The number of carboxylic acids is 1. The molecule has 0 saturated heterocycles. The molecule has 1 rings (SSSR count). The smallest absolute Gasteiger partial charge is 0.328 e. The number of carboxylic acid groups (broad SMARTS) is 1. The number of amides is 1. The highest BCUT2D eigenvalue weighted by Crippen LogP contribution is 2.39. The lowest BCUT2D eigenvalue weighted by molar-refractivity contribution is -0.154. The van der Waals surface area contributed by atoms with E-state index in [9.17, 15) is 19.5 Å². The number of hydrogen-bond donors (Lipinski definition) is 2. The Bertz CT molecular complexity index is 374. The number of carbonyl (C=O) groups excluding carboxylic acids is 2. The molecule has 2 N–H and O–H groups in total. The second kappa shape index (κ2) is 7.26. The molecule has 0 aromatic heterocycles. The van der Waals surface area contributed by atoms with Crippen molar-refractivity contribution in [3.63, 3.8) is 0 Å². The number of ether oxygens (including phenoxy) is 1. The first-order valence-corrected chi connectivity index (χ1v) is 7.10. The number of nitrogens with one attached hydrogen (secondary N) is 1. The molecule has 0 radical (unpaired) electrons. The summed E-state index contributed by atoms with van der Waals surface area (Å²) in [6.45, 7) is 3.47. The molecule has 0 heterocycles. The Morgan fingerprint density at radius 2 is 1.85 bits per heavy atom. The number of carbonyl (C=O) groups is 3. The molecule has 1 aliphatic rings. The van der Waals surface area contributed by atoms with Crippen molar-refractivity contribution in [3.8, 4) is 0 Å². The van der Waals surface area contributed by atoms with Gasteiger partial charge in [0.1, 0.15) is 6.04 Å². The van der Waals surface area contributed by atoms with Gasteiger partial charge in [-0.25, -0.2) is 4.79 Å². The molecule has 114 valence electrons. The maximum atomic E-state index is 12.0.